The van der Waals surface area contributed by atoms with Gasteiger partial charge in [0, 0.05) is 25.2 Å². The zero-order valence-electron chi connectivity index (χ0n) is 6.27. The molecule has 1 saturated heterocycles. The molecule has 66 valence electrons. The molecule has 0 spiro atoms. The lowest BCUT2D eigenvalue weighted by Gasteiger charge is -2.13. The maximum Gasteiger partial charge on any atom is 0.0979 e. The molecule has 5 nitrogen and oxygen atoms in total. The van der Waals surface area contributed by atoms with E-state index in [0.717, 1.165) is 0 Å². The number of rotatable bonds is 2. The van der Waals surface area contributed by atoms with Crippen LogP contribution in [0.3, 0.4) is 0 Å². The second-order valence-corrected chi connectivity index (χ2v) is 2.83. The normalized spacial score (nSPS) is 44.7. The fraction of sp³-hybridized carbons (Fsp3) is 1.00. The van der Waals surface area contributed by atoms with Crippen molar-refractivity contribution in [1.82, 2.24) is 5.32 Å². The molecule has 0 unspecified atom stereocenters. The van der Waals surface area contributed by atoms with Gasteiger partial charge in [0.2, 0.25) is 0 Å². The van der Waals surface area contributed by atoms with E-state index < -0.39 is 12.2 Å². The largest absolute Gasteiger partial charge is 0.389 e. The zero-order valence-corrected chi connectivity index (χ0v) is 6.27. The maximum absolute atomic E-state index is 9.31. The van der Waals surface area contributed by atoms with E-state index in [0.29, 0.717) is 13.1 Å². The second-order valence-electron chi connectivity index (χ2n) is 2.83. The van der Waals surface area contributed by atoms with Crippen LogP contribution < -0.4 is 16.8 Å². The number of nitrogens with one attached hydrogen (secondary N) is 1. The van der Waals surface area contributed by atoms with Crippen molar-refractivity contribution in [3.63, 3.8) is 0 Å². The van der Waals surface area contributed by atoms with Gasteiger partial charge in [-0.05, 0) is 0 Å². The van der Waals surface area contributed by atoms with Crippen molar-refractivity contribution in [2.45, 2.75) is 24.3 Å². The minimum atomic E-state index is -0.784. The van der Waals surface area contributed by atoms with Crippen molar-refractivity contribution in [1.29, 1.82) is 0 Å². The van der Waals surface area contributed by atoms with Gasteiger partial charge in [0.05, 0.1) is 12.2 Å². The zero-order chi connectivity index (χ0) is 8.43. The predicted molar refractivity (Wildman–Crippen MR) is 40.8 cm³/mol. The quantitative estimate of drug-likeness (QED) is 0.296. The van der Waals surface area contributed by atoms with Crippen LogP contribution in [-0.2, 0) is 0 Å². The summed E-state index contributed by atoms with van der Waals surface area (Å²) in [6.45, 7) is 0.628. The topological polar surface area (TPSA) is 105 Å². The van der Waals surface area contributed by atoms with Crippen LogP contribution in [0.5, 0.6) is 0 Å². The van der Waals surface area contributed by atoms with Gasteiger partial charge < -0.3 is 27.0 Å². The van der Waals surface area contributed by atoms with Crippen LogP contribution in [0, 0.1) is 0 Å². The summed E-state index contributed by atoms with van der Waals surface area (Å²) in [5.74, 6) is 0. The summed E-state index contributed by atoms with van der Waals surface area (Å²) >= 11 is 0. The Kier molecular flexibility index (Phi) is 2.80. The molecule has 1 rings (SSSR count). The molecule has 7 N–H and O–H groups in total. The number of aliphatic hydroxyl groups is 2. The predicted octanol–water partition coefficient (Wildman–Crippen LogP) is -3.03. The minimum Gasteiger partial charge on any atom is -0.389 e. The molecular formula is C6H15N3O2. The third-order valence-corrected chi connectivity index (χ3v) is 2.11. The van der Waals surface area contributed by atoms with Gasteiger partial charge in [-0.1, -0.05) is 0 Å². The van der Waals surface area contributed by atoms with Gasteiger partial charge in [0.25, 0.3) is 0 Å². The van der Waals surface area contributed by atoms with Crippen molar-refractivity contribution >= 4 is 0 Å². The first-order chi connectivity index (χ1) is 5.20. The van der Waals surface area contributed by atoms with E-state index in [9.17, 15) is 10.2 Å². The van der Waals surface area contributed by atoms with Crippen LogP contribution in [0.15, 0.2) is 0 Å². The molecule has 11 heavy (non-hydrogen) atoms. The Balaban J connectivity index is 2.53. The third kappa shape index (κ3) is 1.52. The molecule has 0 amide bonds. The molecule has 0 aromatic carbocycles. The second kappa shape index (κ2) is 3.46. The van der Waals surface area contributed by atoms with Gasteiger partial charge >= 0.3 is 0 Å². The Morgan fingerprint density at radius 1 is 1.00 bits per heavy atom. The van der Waals surface area contributed by atoms with Crippen LogP contribution in [0.2, 0.25) is 0 Å². The molecule has 1 heterocycles. The van der Waals surface area contributed by atoms with E-state index in [-0.39, 0.29) is 12.1 Å². The first-order valence-corrected chi connectivity index (χ1v) is 3.73. The summed E-state index contributed by atoms with van der Waals surface area (Å²) in [5.41, 5.74) is 10.7. The Bertz CT molecular complexity index is 115. The van der Waals surface area contributed by atoms with Gasteiger partial charge in [-0.2, -0.15) is 0 Å². The highest BCUT2D eigenvalue weighted by atomic mass is 16.3. The number of aliphatic hydroxyl groups excluding tert-OH is 2. The SMILES string of the molecule is NC[C@@H]1N[C@H](CN)[C@H](O)[C@H]1O. The summed E-state index contributed by atoms with van der Waals surface area (Å²) in [4.78, 5) is 0. The molecule has 1 aliphatic rings. The van der Waals surface area contributed by atoms with E-state index in [4.69, 9.17) is 11.5 Å². The maximum atomic E-state index is 9.31. The summed E-state index contributed by atoms with van der Waals surface area (Å²) in [6, 6.07) is -0.447. The molecule has 0 aromatic rings. The average Bonchev–Trinajstić information content (AvgIpc) is 2.30. The fourth-order valence-electron chi connectivity index (χ4n) is 1.36. The van der Waals surface area contributed by atoms with Crippen molar-refractivity contribution in [3.8, 4) is 0 Å². The van der Waals surface area contributed by atoms with Crippen LogP contribution >= 0.6 is 0 Å². The van der Waals surface area contributed by atoms with Gasteiger partial charge in [-0.25, -0.2) is 0 Å². The van der Waals surface area contributed by atoms with Crippen molar-refractivity contribution in [2.75, 3.05) is 13.1 Å². The highest BCUT2D eigenvalue weighted by molar-refractivity contribution is 4.98. The van der Waals surface area contributed by atoms with Crippen molar-refractivity contribution in [2.24, 2.45) is 11.5 Å². The highest BCUT2D eigenvalue weighted by Crippen LogP contribution is 2.12. The molecule has 1 fully saturated rings. The Morgan fingerprint density at radius 3 is 1.55 bits per heavy atom. The number of hydrogen-bond acceptors (Lipinski definition) is 5. The summed E-state index contributed by atoms with van der Waals surface area (Å²) in [7, 11) is 0. The Morgan fingerprint density at radius 2 is 1.36 bits per heavy atom. The number of nitrogens with two attached hydrogens (primary N) is 2. The molecule has 0 aliphatic carbocycles. The molecule has 5 heteroatoms. The highest BCUT2D eigenvalue weighted by Gasteiger charge is 2.38. The van der Waals surface area contributed by atoms with E-state index >= 15 is 0 Å². The minimum absolute atomic E-state index is 0.224. The summed E-state index contributed by atoms with van der Waals surface area (Å²) in [6.07, 6.45) is -1.57. The summed E-state index contributed by atoms with van der Waals surface area (Å²) in [5, 5.41) is 21.6. The first kappa shape index (κ1) is 8.89. The van der Waals surface area contributed by atoms with E-state index in [1.54, 1.807) is 0 Å². The first-order valence-electron chi connectivity index (χ1n) is 3.73. The van der Waals surface area contributed by atoms with Gasteiger partial charge in [0.1, 0.15) is 0 Å². The van der Waals surface area contributed by atoms with E-state index in [1.807, 2.05) is 0 Å². The molecule has 1 aliphatic heterocycles. The van der Waals surface area contributed by atoms with E-state index in [2.05, 4.69) is 5.32 Å². The third-order valence-electron chi connectivity index (χ3n) is 2.11. The fourth-order valence-corrected chi connectivity index (χ4v) is 1.36. The lowest BCUT2D eigenvalue weighted by molar-refractivity contribution is 0.0303. The molecule has 4 atom stereocenters. The van der Waals surface area contributed by atoms with E-state index in [1.165, 1.54) is 0 Å². The molecule has 0 radical (unpaired) electrons. The van der Waals surface area contributed by atoms with Gasteiger partial charge in [0.15, 0.2) is 0 Å². The summed E-state index contributed by atoms with van der Waals surface area (Å²) < 4.78 is 0. The lowest BCUT2D eigenvalue weighted by Crippen LogP contribution is -2.41. The monoisotopic (exact) mass is 161 g/mol. The smallest absolute Gasteiger partial charge is 0.0979 e. The Hall–Kier alpha value is -0.200. The average molecular weight is 161 g/mol. The molecular weight excluding hydrogens is 146 g/mol. The standard InChI is InChI=1S/C6H15N3O2/c7-1-3-5(10)6(11)4(2-8)9-3/h3-6,9-11H,1-2,7-8H2/t3-,4+,5-,6-/m0/s1. The molecule has 0 aromatic heterocycles. The van der Waals surface area contributed by atoms with Crippen LogP contribution in [0.4, 0.5) is 0 Å². The molecule has 0 bridgehead atoms. The van der Waals surface area contributed by atoms with Gasteiger partial charge in [-0.15, -0.1) is 0 Å². The number of hydrogen-bond donors (Lipinski definition) is 5. The Labute approximate surface area is 65.4 Å². The van der Waals surface area contributed by atoms with Crippen molar-refractivity contribution < 1.29 is 10.2 Å². The lowest BCUT2D eigenvalue weighted by atomic mass is 10.1. The van der Waals surface area contributed by atoms with Gasteiger partial charge in [-0.3, -0.25) is 0 Å². The van der Waals surface area contributed by atoms with Crippen LogP contribution in [-0.4, -0.2) is 47.6 Å². The molecule has 0 saturated carbocycles. The van der Waals surface area contributed by atoms with Crippen LogP contribution in [0.25, 0.3) is 0 Å². The van der Waals surface area contributed by atoms with Crippen LogP contribution in [0.1, 0.15) is 0 Å². The van der Waals surface area contributed by atoms with Crippen molar-refractivity contribution in [3.05, 3.63) is 0 Å².